The van der Waals surface area contributed by atoms with Gasteiger partial charge in [0, 0.05) is 26.7 Å². The summed E-state index contributed by atoms with van der Waals surface area (Å²) in [5.41, 5.74) is 3.80. The van der Waals surface area contributed by atoms with Crippen LogP contribution in [0, 0.1) is 6.92 Å². The summed E-state index contributed by atoms with van der Waals surface area (Å²) in [6, 6.07) is 27.5. The number of benzene rings is 3. The van der Waals surface area contributed by atoms with E-state index in [0.29, 0.717) is 50.0 Å². The minimum atomic E-state index is -0.526. The van der Waals surface area contributed by atoms with Crippen LogP contribution in [0.5, 0.6) is 17.4 Å². The molecule has 0 bridgehead atoms. The maximum absolute atomic E-state index is 10.9. The van der Waals surface area contributed by atoms with Gasteiger partial charge in [-0.2, -0.15) is 5.10 Å². The van der Waals surface area contributed by atoms with Gasteiger partial charge in [-0.1, -0.05) is 60.7 Å². The molecule has 1 heterocycles. The molecule has 0 saturated heterocycles. The van der Waals surface area contributed by atoms with E-state index in [4.69, 9.17) is 19.3 Å². The van der Waals surface area contributed by atoms with Crippen LogP contribution >= 0.6 is 0 Å². The Kier molecular flexibility index (Phi) is 9.32. The minimum absolute atomic E-state index is 0.488. The number of aliphatic hydroxyl groups excluding tert-OH is 1. The second-order valence-electron chi connectivity index (χ2n) is 8.94. The topological polar surface area (TPSA) is 69.0 Å². The molecule has 4 rings (SSSR count). The van der Waals surface area contributed by atoms with Crippen LogP contribution < -0.4 is 9.47 Å². The third kappa shape index (κ3) is 6.98. The van der Waals surface area contributed by atoms with Crippen LogP contribution in [0.3, 0.4) is 0 Å². The molecule has 1 atom stereocenters. The zero-order valence-corrected chi connectivity index (χ0v) is 21.7. The maximum Gasteiger partial charge on any atom is 0.227 e. The van der Waals surface area contributed by atoms with Gasteiger partial charge in [0.05, 0.1) is 36.8 Å². The summed E-state index contributed by atoms with van der Waals surface area (Å²) < 4.78 is 19.2. The van der Waals surface area contributed by atoms with Crippen LogP contribution in [0.25, 0.3) is 5.69 Å². The molecule has 0 aliphatic heterocycles. The lowest BCUT2D eigenvalue weighted by molar-refractivity contribution is 0.0846. The Hall–Kier alpha value is -3.65. The van der Waals surface area contributed by atoms with Crippen molar-refractivity contribution >= 4 is 0 Å². The normalized spacial score (nSPS) is 12.0. The van der Waals surface area contributed by atoms with Crippen LogP contribution in [0.4, 0.5) is 0 Å². The Balaban J connectivity index is 1.65. The summed E-state index contributed by atoms with van der Waals surface area (Å²) >= 11 is 0. The Morgan fingerprint density at radius 3 is 2.22 bits per heavy atom. The number of aromatic nitrogens is 2. The zero-order chi connectivity index (χ0) is 26.0. The number of methoxy groups -OCH3 is 2. The molecule has 4 aromatic rings. The van der Waals surface area contributed by atoms with Crippen LogP contribution in [0.2, 0.25) is 0 Å². The highest BCUT2D eigenvalue weighted by molar-refractivity contribution is 5.47. The van der Waals surface area contributed by atoms with Crippen LogP contribution in [0.1, 0.15) is 16.8 Å². The molecule has 37 heavy (non-hydrogen) atoms. The summed E-state index contributed by atoms with van der Waals surface area (Å²) in [7, 11) is 3.32. The van der Waals surface area contributed by atoms with Gasteiger partial charge in [-0.3, -0.25) is 4.90 Å². The minimum Gasteiger partial charge on any atom is -0.493 e. The van der Waals surface area contributed by atoms with Crippen molar-refractivity contribution in [3.8, 4) is 23.1 Å². The van der Waals surface area contributed by atoms with Crippen molar-refractivity contribution in [1.82, 2.24) is 14.7 Å². The molecule has 3 aromatic carbocycles. The molecular formula is C30H35N3O4. The largest absolute Gasteiger partial charge is 0.493 e. The third-order valence-electron chi connectivity index (χ3n) is 6.19. The lowest BCUT2D eigenvalue weighted by Crippen LogP contribution is -2.35. The number of ether oxygens (including phenoxy) is 3. The summed E-state index contributed by atoms with van der Waals surface area (Å²) in [4.78, 5) is 2.19. The summed E-state index contributed by atoms with van der Waals surface area (Å²) in [5, 5.41) is 15.8. The Morgan fingerprint density at radius 2 is 1.54 bits per heavy atom. The van der Waals surface area contributed by atoms with Gasteiger partial charge >= 0.3 is 0 Å². The molecule has 7 nitrogen and oxygen atoms in total. The Bertz CT molecular complexity index is 1240. The quantitative estimate of drug-likeness (QED) is 0.277. The predicted molar refractivity (Wildman–Crippen MR) is 145 cm³/mol. The zero-order valence-electron chi connectivity index (χ0n) is 21.7. The van der Waals surface area contributed by atoms with E-state index in [1.165, 1.54) is 0 Å². The lowest BCUT2D eigenvalue weighted by Gasteiger charge is -2.25. The van der Waals surface area contributed by atoms with E-state index in [-0.39, 0.29) is 0 Å². The molecule has 0 radical (unpaired) electrons. The average molecular weight is 502 g/mol. The van der Waals surface area contributed by atoms with Gasteiger partial charge in [-0.15, -0.1) is 0 Å². The van der Waals surface area contributed by atoms with E-state index >= 15 is 0 Å². The SMILES string of the molecule is COCCN(Cc1c(C)nn(-c2ccccc2)c1Oc1ccccc1OC)C[C@@H](O)Cc1ccccc1. The van der Waals surface area contributed by atoms with E-state index in [1.807, 2.05) is 96.5 Å². The molecule has 7 heteroatoms. The second kappa shape index (κ2) is 13.1. The lowest BCUT2D eigenvalue weighted by atomic mass is 10.1. The van der Waals surface area contributed by atoms with Gasteiger partial charge < -0.3 is 19.3 Å². The molecule has 1 N–H and O–H groups in total. The molecule has 194 valence electrons. The smallest absolute Gasteiger partial charge is 0.227 e. The molecule has 0 saturated carbocycles. The number of para-hydroxylation sites is 3. The highest BCUT2D eigenvalue weighted by atomic mass is 16.5. The van der Waals surface area contributed by atoms with Gasteiger partial charge in [0.2, 0.25) is 5.88 Å². The van der Waals surface area contributed by atoms with E-state index in [1.54, 1.807) is 14.2 Å². The fraction of sp³-hybridized carbons (Fsp3) is 0.300. The van der Waals surface area contributed by atoms with E-state index in [0.717, 1.165) is 22.5 Å². The van der Waals surface area contributed by atoms with Gasteiger partial charge in [-0.25, -0.2) is 4.68 Å². The molecule has 0 amide bonds. The summed E-state index contributed by atoms with van der Waals surface area (Å²) in [6.07, 6.45) is 0.0549. The molecule has 0 spiro atoms. The van der Waals surface area contributed by atoms with Gasteiger partial charge in [-0.05, 0) is 43.2 Å². The van der Waals surface area contributed by atoms with Crippen molar-refractivity contribution in [3.63, 3.8) is 0 Å². The fourth-order valence-electron chi connectivity index (χ4n) is 4.30. The van der Waals surface area contributed by atoms with Crippen molar-refractivity contribution in [2.24, 2.45) is 0 Å². The number of hydrogen-bond acceptors (Lipinski definition) is 6. The third-order valence-corrected chi connectivity index (χ3v) is 6.19. The van der Waals surface area contributed by atoms with Crippen molar-refractivity contribution in [1.29, 1.82) is 0 Å². The first-order valence-electron chi connectivity index (χ1n) is 12.5. The van der Waals surface area contributed by atoms with Crippen molar-refractivity contribution in [2.45, 2.75) is 26.0 Å². The Labute approximate surface area is 218 Å². The van der Waals surface area contributed by atoms with Crippen molar-refractivity contribution < 1.29 is 19.3 Å². The highest BCUT2D eigenvalue weighted by Crippen LogP contribution is 2.36. The molecule has 1 aromatic heterocycles. The number of nitrogens with zero attached hydrogens (tertiary/aromatic N) is 3. The van der Waals surface area contributed by atoms with E-state index in [2.05, 4.69) is 4.90 Å². The Morgan fingerprint density at radius 1 is 0.892 bits per heavy atom. The molecular weight excluding hydrogens is 466 g/mol. The number of aryl methyl sites for hydroxylation is 1. The van der Waals surface area contributed by atoms with Crippen LogP contribution in [0.15, 0.2) is 84.9 Å². The van der Waals surface area contributed by atoms with Crippen LogP contribution in [-0.4, -0.2) is 59.8 Å². The monoisotopic (exact) mass is 501 g/mol. The first-order chi connectivity index (χ1) is 18.1. The highest BCUT2D eigenvalue weighted by Gasteiger charge is 2.23. The second-order valence-corrected chi connectivity index (χ2v) is 8.94. The first-order valence-corrected chi connectivity index (χ1v) is 12.5. The molecule has 0 fully saturated rings. The van der Waals surface area contributed by atoms with Crippen molar-refractivity contribution in [2.75, 3.05) is 33.9 Å². The fourth-order valence-corrected chi connectivity index (χ4v) is 4.30. The van der Waals surface area contributed by atoms with Gasteiger partial charge in [0.25, 0.3) is 0 Å². The molecule has 0 unspecified atom stereocenters. The summed E-state index contributed by atoms with van der Waals surface area (Å²) in [6.45, 7) is 4.22. The standard InChI is InChI=1S/C30H35N3O4/c1-23-27(22-32(18-19-35-2)21-26(34)20-24-12-6-4-7-13-24)30(33(31-23)25-14-8-5-9-15-25)37-29-17-11-10-16-28(29)36-3/h4-17,26,34H,18-22H2,1-3H3/t26-/m0/s1. The first kappa shape index (κ1) is 26.4. The average Bonchev–Trinajstić information content (AvgIpc) is 3.23. The molecule has 0 aliphatic carbocycles. The number of hydrogen-bond donors (Lipinski definition) is 1. The van der Waals surface area contributed by atoms with Crippen molar-refractivity contribution in [3.05, 3.63) is 102 Å². The number of rotatable bonds is 13. The summed E-state index contributed by atoms with van der Waals surface area (Å²) in [5.74, 6) is 1.87. The van der Waals surface area contributed by atoms with Gasteiger partial charge in [0.1, 0.15) is 0 Å². The van der Waals surface area contributed by atoms with E-state index < -0.39 is 6.10 Å². The molecule has 0 aliphatic rings. The van der Waals surface area contributed by atoms with Crippen LogP contribution in [-0.2, 0) is 17.7 Å². The predicted octanol–water partition coefficient (Wildman–Crippen LogP) is 5.03. The van der Waals surface area contributed by atoms with Gasteiger partial charge in [0.15, 0.2) is 11.5 Å². The maximum atomic E-state index is 10.9. The number of aliphatic hydroxyl groups is 1. The van der Waals surface area contributed by atoms with E-state index in [9.17, 15) is 5.11 Å².